The highest BCUT2D eigenvalue weighted by Gasteiger charge is 2.44. The lowest BCUT2D eigenvalue weighted by atomic mass is 9.96. The van der Waals surface area contributed by atoms with Gasteiger partial charge in [0.1, 0.15) is 6.04 Å². The molecular formula is C24H46N3O11P. The summed E-state index contributed by atoms with van der Waals surface area (Å²) < 4.78 is 49.9. The third-order valence-corrected chi connectivity index (χ3v) is 6.22. The van der Waals surface area contributed by atoms with Gasteiger partial charge in [0.15, 0.2) is 0 Å². The third kappa shape index (κ3) is 13.4. The lowest BCUT2D eigenvalue weighted by Crippen LogP contribution is -2.46. The summed E-state index contributed by atoms with van der Waals surface area (Å²) in [7, 11) is -3.48. The fourth-order valence-electron chi connectivity index (χ4n) is 2.61. The van der Waals surface area contributed by atoms with E-state index in [9.17, 15) is 24.1 Å². The summed E-state index contributed by atoms with van der Waals surface area (Å²) in [5, 5.41) is 9.51. The van der Waals surface area contributed by atoms with Crippen LogP contribution in [-0.4, -0.2) is 73.1 Å². The number of carboxylic acids is 1. The molecule has 0 amide bonds. The van der Waals surface area contributed by atoms with E-state index in [1.807, 2.05) is 0 Å². The highest BCUT2D eigenvalue weighted by Crippen LogP contribution is 2.56. The number of rotatable bonds is 14. The molecule has 0 rings (SSSR count). The molecule has 3 unspecified atom stereocenters. The second kappa shape index (κ2) is 15.9. The van der Waals surface area contributed by atoms with E-state index >= 15 is 0 Å². The first kappa shape index (κ1) is 36.4. The maximum Gasteiger partial charge on any atom is 0.510 e. The van der Waals surface area contributed by atoms with E-state index < -0.39 is 61.4 Å². The van der Waals surface area contributed by atoms with E-state index in [4.69, 9.17) is 33.7 Å². The van der Waals surface area contributed by atoms with Crippen LogP contribution in [0.25, 0.3) is 0 Å². The van der Waals surface area contributed by atoms with E-state index in [1.54, 1.807) is 62.3 Å². The molecule has 0 aliphatic carbocycles. The normalized spacial score (nSPS) is 16.3. The van der Waals surface area contributed by atoms with Crippen LogP contribution in [0.3, 0.4) is 0 Å². The summed E-state index contributed by atoms with van der Waals surface area (Å²) in [4.78, 5) is 37.2. The first-order valence-electron chi connectivity index (χ1n) is 12.8. The minimum atomic E-state index is -4.82. The SMILES string of the molecule is CCCOC(=O)OC(OP(=O)(N=C(N)N(C)C(CC)C(=O)O)OC(OC(=O)OCCC)C(C)(C)C)C(C)(C)C. The van der Waals surface area contributed by atoms with Crippen molar-refractivity contribution in [3.8, 4) is 0 Å². The maximum absolute atomic E-state index is 14.2. The van der Waals surface area contributed by atoms with Crippen LogP contribution in [0.1, 0.15) is 81.6 Å². The van der Waals surface area contributed by atoms with E-state index in [1.165, 1.54) is 7.05 Å². The van der Waals surface area contributed by atoms with Gasteiger partial charge < -0.3 is 34.7 Å². The smallest absolute Gasteiger partial charge is 0.480 e. The fourth-order valence-corrected chi connectivity index (χ4v) is 4.35. The first-order valence-corrected chi connectivity index (χ1v) is 14.3. The van der Waals surface area contributed by atoms with Gasteiger partial charge in [-0.3, -0.25) is 0 Å². The van der Waals surface area contributed by atoms with E-state index in [2.05, 4.69) is 4.76 Å². The van der Waals surface area contributed by atoms with Crippen LogP contribution in [0.4, 0.5) is 9.59 Å². The predicted molar refractivity (Wildman–Crippen MR) is 143 cm³/mol. The summed E-state index contributed by atoms with van der Waals surface area (Å²) in [6.07, 6.45) is -4.03. The largest absolute Gasteiger partial charge is 0.510 e. The molecule has 0 aromatic rings. The van der Waals surface area contributed by atoms with Crippen molar-refractivity contribution in [1.82, 2.24) is 4.90 Å². The van der Waals surface area contributed by atoms with Crippen molar-refractivity contribution in [3.63, 3.8) is 0 Å². The lowest BCUT2D eigenvalue weighted by Gasteiger charge is -2.35. The topological polar surface area (TPSA) is 186 Å². The number of ether oxygens (including phenoxy) is 4. The van der Waals surface area contributed by atoms with Gasteiger partial charge in [0, 0.05) is 17.9 Å². The van der Waals surface area contributed by atoms with Crippen molar-refractivity contribution in [2.75, 3.05) is 20.3 Å². The molecule has 0 aliphatic rings. The number of guanidine groups is 1. The number of hydrogen-bond donors (Lipinski definition) is 2. The van der Waals surface area contributed by atoms with Crippen molar-refractivity contribution < 1.29 is 52.1 Å². The Morgan fingerprint density at radius 3 is 1.54 bits per heavy atom. The molecule has 0 fully saturated rings. The number of carboxylic acid groups (broad SMARTS) is 1. The Bertz CT molecular complexity index is 838. The minimum Gasteiger partial charge on any atom is -0.480 e. The zero-order valence-electron chi connectivity index (χ0n) is 24.7. The third-order valence-electron chi connectivity index (χ3n) is 4.85. The highest BCUT2D eigenvalue weighted by molar-refractivity contribution is 7.52. The van der Waals surface area contributed by atoms with Gasteiger partial charge in [0.25, 0.3) is 0 Å². The molecule has 0 heterocycles. The Morgan fingerprint density at radius 2 is 1.26 bits per heavy atom. The number of aliphatic carboxylic acids is 1. The standard InChI is InChI=1S/C24H46N3O11P/c1-11-14-33-21(30)35-18(23(4,5)6)37-39(32,26-20(25)27(10)16(13-3)17(28)29)38-19(24(7,8)9)36-22(31)34-15-12-2/h16,18-19H,11-15H2,1-10H3,(H,28,29)(H2,25,26,32). The number of carbonyl (C=O) groups is 3. The first-order chi connectivity index (χ1) is 17.8. The van der Waals surface area contributed by atoms with Crippen LogP contribution in [0, 0.1) is 10.8 Å². The Kier molecular flexibility index (Phi) is 14.8. The summed E-state index contributed by atoms with van der Waals surface area (Å²) in [5.74, 6) is -1.70. The van der Waals surface area contributed by atoms with Gasteiger partial charge in [-0.15, -0.1) is 4.76 Å². The van der Waals surface area contributed by atoms with Gasteiger partial charge in [0.2, 0.25) is 18.5 Å². The van der Waals surface area contributed by atoms with Crippen LogP contribution in [0.15, 0.2) is 4.76 Å². The number of likely N-dealkylation sites (N-methyl/N-ethyl adjacent to an activating group) is 1. The Labute approximate surface area is 231 Å². The van der Waals surface area contributed by atoms with Crippen molar-refractivity contribution in [1.29, 1.82) is 0 Å². The number of nitrogens with zero attached hydrogens (tertiary/aromatic N) is 2. The summed E-state index contributed by atoms with van der Waals surface area (Å²) >= 11 is 0. The van der Waals surface area contributed by atoms with Gasteiger partial charge >= 0.3 is 26.0 Å². The molecule has 3 atom stereocenters. The zero-order chi connectivity index (χ0) is 30.6. The molecule has 15 heteroatoms. The molecule has 3 N–H and O–H groups in total. The van der Waals surface area contributed by atoms with Gasteiger partial charge in [0.05, 0.1) is 13.2 Å². The van der Waals surface area contributed by atoms with Crippen LogP contribution < -0.4 is 5.73 Å². The Morgan fingerprint density at radius 1 is 0.872 bits per heavy atom. The van der Waals surface area contributed by atoms with Gasteiger partial charge in [-0.2, -0.15) is 0 Å². The van der Waals surface area contributed by atoms with E-state index in [0.717, 1.165) is 4.90 Å². The molecule has 14 nitrogen and oxygen atoms in total. The molecule has 0 saturated heterocycles. The van der Waals surface area contributed by atoms with E-state index in [-0.39, 0.29) is 19.6 Å². The molecule has 0 spiro atoms. The molecule has 0 aromatic heterocycles. The molecule has 39 heavy (non-hydrogen) atoms. The molecule has 228 valence electrons. The van der Waals surface area contributed by atoms with Crippen molar-refractivity contribution in [3.05, 3.63) is 0 Å². The average molecular weight is 584 g/mol. The van der Waals surface area contributed by atoms with Crippen LogP contribution in [0.5, 0.6) is 0 Å². The molecular weight excluding hydrogens is 537 g/mol. The molecule has 0 bridgehead atoms. The Hall–Kier alpha value is -2.57. The van der Waals surface area contributed by atoms with Crippen LogP contribution in [-0.2, 0) is 37.4 Å². The molecule has 0 aromatic carbocycles. The number of hydrogen-bond acceptors (Lipinski definition) is 10. The number of nitrogens with two attached hydrogens (primary N) is 1. The molecule has 0 radical (unpaired) electrons. The highest BCUT2D eigenvalue weighted by atomic mass is 31.2. The molecule has 0 aliphatic heterocycles. The van der Waals surface area contributed by atoms with Gasteiger partial charge in [-0.1, -0.05) is 62.3 Å². The van der Waals surface area contributed by atoms with E-state index in [0.29, 0.717) is 12.8 Å². The monoisotopic (exact) mass is 583 g/mol. The zero-order valence-corrected chi connectivity index (χ0v) is 25.6. The lowest BCUT2D eigenvalue weighted by molar-refractivity contribution is -0.152. The van der Waals surface area contributed by atoms with Crippen molar-refractivity contribution in [2.45, 2.75) is 100 Å². The van der Waals surface area contributed by atoms with Crippen molar-refractivity contribution >= 4 is 32.0 Å². The summed E-state index contributed by atoms with van der Waals surface area (Å²) in [6, 6.07) is -1.11. The minimum absolute atomic E-state index is 0.0765. The second-order valence-electron chi connectivity index (χ2n) is 10.8. The Balaban J connectivity index is 6.60. The van der Waals surface area contributed by atoms with Crippen LogP contribution >= 0.6 is 7.75 Å². The summed E-state index contributed by atoms with van der Waals surface area (Å²) in [6.45, 7) is 15.1. The maximum atomic E-state index is 14.2. The predicted octanol–water partition coefficient (Wildman–Crippen LogP) is 5.11. The average Bonchev–Trinajstić information content (AvgIpc) is 2.79. The van der Waals surface area contributed by atoms with Crippen LogP contribution in [0.2, 0.25) is 0 Å². The van der Waals surface area contributed by atoms with Crippen molar-refractivity contribution in [2.24, 2.45) is 21.3 Å². The second-order valence-corrected chi connectivity index (χ2v) is 12.4. The number of carbonyl (C=O) groups excluding carboxylic acids is 2. The quantitative estimate of drug-likeness (QED) is 0.0904. The van der Waals surface area contributed by atoms with Gasteiger partial charge in [-0.05, 0) is 19.3 Å². The molecule has 0 saturated carbocycles. The van der Waals surface area contributed by atoms with Gasteiger partial charge in [-0.25, -0.2) is 28.0 Å². The summed E-state index contributed by atoms with van der Waals surface area (Å²) in [5.41, 5.74) is 4.08. The fraction of sp³-hybridized carbons (Fsp3) is 0.833.